The molecule has 0 spiro atoms. The van der Waals surface area contributed by atoms with E-state index in [4.69, 9.17) is 5.73 Å². The summed E-state index contributed by atoms with van der Waals surface area (Å²) in [7, 11) is 0. The number of imidazole rings is 1. The van der Waals surface area contributed by atoms with Gasteiger partial charge in [-0.15, -0.1) is 0 Å². The molecule has 0 fully saturated rings. The summed E-state index contributed by atoms with van der Waals surface area (Å²) in [4.78, 5) is 13.2. The second-order valence-electron chi connectivity index (χ2n) is 4.84. The van der Waals surface area contributed by atoms with E-state index >= 15 is 0 Å². The third-order valence-corrected chi connectivity index (χ3v) is 3.22. The number of aromatic nitrogens is 4. The highest BCUT2D eigenvalue weighted by Crippen LogP contribution is 2.23. The van der Waals surface area contributed by atoms with Crippen molar-refractivity contribution >= 4 is 5.82 Å². The molecule has 1 aromatic carbocycles. The molecule has 106 valence electrons. The van der Waals surface area contributed by atoms with Gasteiger partial charge < -0.3 is 10.3 Å². The number of hydrogen-bond acceptors (Lipinski definition) is 4. The minimum absolute atomic E-state index is 0.461. The van der Waals surface area contributed by atoms with Crippen LogP contribution in [-0.4, -0.2) is 19.5 Å². The van der Waals surface area contributed by atoms with Gasteiger partial charge in [0.2, 0.25) is 0 Å². The highest BCUT2D eigenvalue weighted by Gasteiger charge is 2.11. The van der Waals surface area contributed by atoms with Gasteiger partial charge in [0.25, 0.3) is 0 Å². The molecule has 0 saturated heterocycles. The quantitative estimate of drug-likeness (QED) is 0.797. The van der Waals surface area contributed by atoms with Crippen molar-refractivity contribution in [3.8, 4) is 22.8 Å². The van der Waals surface area contributed by atoms with Crippen LogP contribution in [0.15, 0.2) is 48.9 Å². The predicted octanol–water partition coefficient (Wildman–Crippen LogP) is 3.00. The first kappa shape index (κ1) is 13.3. The van der Waals surface area contributed by atoms with Crippen molar-refractivity contribution in [2.75, 3.05) is 5.73 Å². The number of aryl methyl sites for hydroxylation is 1. The summed E-state index contributed by atoms with van der Waals surface area (Å²) in [5, 5.41) is 0. The Kier molecular flexibility index (Phi) is 3.64. The molecule has 2 heterocycles. The standard InChI is InChI=1S/C16H17N5/c1-2-8-21-11-18-10-14(21)16-19-13(9-15(17)20-16)12-6-4-3-5-7-12/h3-7,9-11H,2,8H2,1H3,(H2,17,19,20). The van der Waals surface area contributed by atoms with Crippen molar-refractivity contribution in [1.82, 2.24) is 19.5 Å². The first-order valence-corrected chi connectivity index (χ1v) is 6.98. The minimum atomic E-state index is 0.461. The van der Waals surface area contributed by atoms with E-state index in [2.05, 4.69) is 21.9 Å². The second kappa shape index (κ2) is 5.75. The van der Waals surface area contributed by atoms with Crippen molar-refractivity contribution in [2.45, 2.75) is 19.9 Å². The molecule has 0 aliphatic carbocycles. The van der Waals surface area contributed by atoms with E-state index in [0.717, 1.165) is 29.9 Å². The molecule has 0 unspecified atom stereocenters. The van der Waals surface area contributed by atoms with Crippen LogP contribution in [0.5, 0.6) is 0 Å². The number of nitrogens with zero attached hydrogens (tertiary/aromatic N) is 4. The van der Waals surface area contributed by atoms with Crippen LogP contribution in [0.2, 0.25) is 0 Å². The van der Waals surface area contributed by atoms with Crippen LogP contribution in [0.4, 0.5) is 5.82 Å². The van der Waals surface area contributed by atoms with E-state index in [0.29, 0.717) is 11.6 Å². The van der Waals surface area contributed by atoms with Crippen LogP contribution in [-0.2, 0) is 6.54 Å². The highest BCUT2D eigenvalue weighted by molar-refractivity contribution is 5.65. The van der Waals surface area contributed by atoms with Gasteiger partial charge in [0.1, 0.15) is 11.5 Å². The summed E-state index contributed by atoms with van der Waals surface area (Å²) in [6, 6.07) is 11.7. The van der Waals surface area contributed by atoms with Gasteiger partial charge >= 0.3 is 0 Å². The number of anilines is 1. The molecule has 3 aromatic rings. The Morgan fingerprint density at radius 3 is 2.71 bits per heavy atom. The van der Waals surface area contributed by atoms with Gasteiger partial charge in [0.05, 0.1) is 18.2 Å². The van der Waals surface area contributed by atoms with Gasteiger partial charge in [-0.25, -0.2) is 15.0 Å². The highest BCUT2D eigenvalue weighted by atomic mass is 15.1. The summed E-state index contributed by atoms with van der Waals surface area (Å²) in [5.74, 6) is 1.07. The zero-order valence-corrected chi connectivity index (χ0v) is 11.9. The number of hydrogen-bond donors (Lipinski definition) is 1. The van der Waals surface area contributed by atoms with E-state index in [1.807, 2.05) is 34.9 Å². The predicted molar refractivity (Wildman–Crippen MR) is 83.4 cm³/mol. The van der Waals surface area contributed by atoms with Crippen molar-refractivity contribution in [3.05, 3.63) is 48.9 Å². The van der Waals surface area contributed by atoms with Crippen molar-refractivity contribution in [2.24, 2.45) is 0 Å². The zero-order chi connectivity index (χ0) is 14.7. The molecule has 3 rings (SSSR count). The lowest BCUT2D eigenvalue weighted by atomic mass is 10.1. The van der Waals surface area contributed by atoms with Gasteiger partial charge in [-0.05, 0) is 6.42 Å². The van der Waals surface area contributed by atoms with Crippen molar-refractivity contribution in [1.29, 1.82) is 0 Å². The monoisotopic (exact) mass is 279 g/mol. The summed E-state index contributed by atoms with van der Waals surface area (Å²) in [6.07, 6.45) is 4.60. The maximum absolute atomic E-state index is 5.95. The number of nitrogen functional groups attached to an aromatic ring is 1. The summed E-state index contributed by atoms with van der Waals surface area (Å²) in [5.41, 5.74) is 8.68. The first-order chi connectivity index (χ1) is 10.3. The molecule has 21 heavy (non-hydrogen) atoms. The van der Waals surface area contributed by atoms with Crippen LogP contribution >= 0.6 is 0 Å². The largest absolute Gasteiger partial charge is 0.384 e. The second-order valence-corrected chi connectivity index (χ2v) is 4.84. The first-order valence-electron chi connectivity index (χ1n) is 6.98. The topological polar surface area (TPSA) is 69.6 Å². The molecule has 0 aliphatic rings. The Bertz CT molecular complexity index is 733. The fourth-order valence-corrected chi connectivity index (χ4v) is 2.26. The van der Waals surface area contributed by atoms with E-state index in [-0.39, 0.29) is 0 Å². The van der Waals surface area contributed by atoms with Crippen molar-refractivity contribution < 1.29 is 0 Å². The Balaban J connectivity index is 2.08. The van der Waals surface area contributed by atoms with Crippen molar-refractivity contribution in [3.63, 3.8) is 0 Å². The fourth-order valence-electron chi connectivity index (χ4n) is 2.26. The Labute approximate surface area is 123 Å². The molecule has 0 radical (unpaired) electrons. The van der Waals surface area contributed by atoms with Crippen LogP contribution in [0, 0.1) is 0 Å². The maximum atomic E-state index is 5.95. The molecule has 0 atom stereocenters. The lowest BCUT2D eigenvalue weighted by Crippen LogP contribution is -2.03. The van der Waals surface area contributed by atoms with Crippen LogP contribution < -0.4 is 5.73 Å². The molecule has 5 heteroatoms. The molecule has 0 amide bonds. The van der Waals surface area contributed by atoms with E-state index in [1.165, 1.54) is 0 Å². The summed E-state index contributed by atoms with van der Waals surface area (Å²) >= 11 is 0. The average molecular weight is 279 g/mol. The molecular formula is C16H17N5. The molecule has 2 N–H and O–H groups in total. The minimum Gasteiger partial charge on any atom is -0.384 e. The van der Waals surface area contributed by atoms with E-state index in [1.54, 1.807) is 18.6 Å². The summed E-state index contributed by atoms with van der Waals surface area (Å²) in [6.45, 7) is 3.01. The van der Waals surface area contributed by atoms with Crippen LogP contribution in [0.25, 0.3) is 22.8 Å². The van der Waals surface area contributed by atoms with Gasteiger partial charge in [-0.2, -0.15) is 0 Å². The third kappa shape index (κ3) is 2.76. The van der Waals surface area contributed by atoms with Crippen LogP contribution in [0.3, 0.4) is 0 Å². The lowest BCUT2D eigenvalue weighted by molar-refractivity contribution is 0.681. The molecular weight excluding hydrogens is 262 g/mol. The Morgan fingerprint density at radius 1 is 1.14 bits per heavy atom. The lowest BCUT2D eigenvalue weighted by Gasteiger charge is -2.08. The third-order valence-electron chi connectivity index (χ3n) is 3.22. The molecule has 2 aromatic heterocycles. The number of benzene rings is 1. The Hall–Kier alpha value is -2.69. The summed E-state index contributed by atoms with van der Waals surface area (Å²) < 4.78 is 2.05. The molecule has 0 bridgehead atoms. The number of nitrogens with two attached hydrogens (primary N) is 1. The molecule has 0 saturated carbocycles. The Morgan fingerprint density at radius 2 is 1.95 bits per heavy atom. The van der Waals surface area contributed by atoms with E-state index < -0.39 is 0 Å². The van der Waals surface area contributed by atoms with Crippen LogP contribution in [0.1, 0.15) is 13.3 Å². The smallest absolute Gasteiger partial charge is 0.180 e. The normalized spacial score (nSPS) is 10.7. The molecule has 5 nitrogen and oxygen atoms in total. The average Bonchev–Trinajstić information content (AvgIpc) is 2.96. The number of rotatable bonds is 4. The maximum Gasteiger partial charge on any atom is 0.180 e. The fraction of sp³-hybridized carbons (Fsp3) is 0.188. The zero-order valence-electron chi connectivity index (χ0n) is 11.9. The SMILES string of the molecule is CCCn1cncc1-c1nc(N)cc(-c2ccccc2)n1. The van der Waals surface area contributed by atoms with E-state index in [9.17, 15) is 0 Å². The van der Waals surface area contributed by atoms with Gasteiger partial charge in [0.15, 0.2) is 5.82 Å². The van der Waals surface area contributed by atoms with Gasteiger partial charge in [-0.1, -0.05) is 37.3 Å². The van der Waals surface area contributed by atoms with Gasteiger partial charge in [0, 0.05) is 18.2 Å². The van der Waals surface area contributed by atoms with Gasteiger partial charge in [-0.3, -0.25) is 0 Å². The molecule has 0 aliphatic heterocycles.